The van der Waals surface area contributed by atoms with Crippen molar-refractivity contribution >= 4 is 17.5 Å². The molecule has 5 rings (SSSR count). The van der Waals surface area contributed by atoms with Crippen molar-refractivity contribution in [3.63, 3.8) is 0 Å². The van der Waals surface area contributed by atoms with E-state index in [1.54, 1.807) is 6.07 Å². The molecule has 2 saturated heterocycles. The van der Waals surface area contributed by atoms with E-state index in [4.69, 9.17) is 4.74 Å². The molecule has 6 heteroatoms. The minimum absolute atomic E-state index is 0.0277. The Bertz CT molecular complexity index is 964. The van der Waals surface area contributed by atoms with Crippen LogP contribution in [0.4, 0.5) is 5.69 Å². The molecule has 3 heterocycles. The predicted octanol–water partition coefficient (Wildman–Crippen LogP) is 3.22. The van der Waals surface area contributed by atoms with Gasteiger partial charge in [-0.05, 0) is 49.9 Å². The van der Waals surface area contributed by atoms with E-state index in [1.807, 2.05) is 12.1 Å². The van der Waals surface area contributed by atoms with Crippen LogP contribution in [0.25, 0.3) is 0 Å². The molecule has 0 radical (unpaired) electrons. The third kappa shape index (κ3) is 4.30. The van der Waals surface area contributed by atoms with E-state index in [0.717, 1.165) is 64.1 Å². The van der Waals surface area contributed by atoms with Crippen molar-refractivity contribution in [3.8, 4) is 0 Å². The number of hydrogen-bond acceptors (Lipinski definition) is 5. The summed E-state index contributed by atoms with van der Waals surface area (Å²) in [6.07, 6.45) is 4.13. The van der Waals surface area contributed by atoms with Gasteiger partial charge < -0.3 is 9.64 Å². The molecule has 6 nitrogen and oxygen atoms in total. The molecule has 32 heavy (non-hydrogen) atoms. The van der Waals surface area contributed by atoms with Crippen molar-refractivity contribution in [2.45, 2.75) is 31.8 Å². The molecule has 2 fully saturated rings. The van der Waals surface area contributed by atoms with Gasteiger partial charge in [-0.25, -0.2) is 0 Å². The first-order valence-corrected chi connectivity index (χ1v) is 11.8. The third-order valence-electron chi connectivity index (χ3n) is 6.88. The van der Waals surface area contributed by atoms with Gasteiger partial charge in [0.2, 0.25) is 0 Å². The fourth-order valence-corrected chi connectivity index (χ4v) is 5.10. The lowest BCUT2D eigenvalue weighted by molar-refractivity contribution is 0.0475. The highest BCUT2D eigenvalue weighted by Gasteiger charge is 2.40. The largest absolute Gasteiger partial charge is 0.376 e. The van der Waals surface area contributed by atoms with E-state index in [2.05, 4.69) is 40.1 Å². The number of nitrogens with zero attached hydrogens (tertiary/aromatic N) is 3. The van der Waals surface area contributed by atoms with Gasteiger partial charge in [0.25, 0.3) is 11.8 Å². The Morgan fingerprint density at radius 2 is 1.72 bits per heavy atom. The topological polar surface area (TPSA) is 53.1 Å². The van der Waals surface area contributed by atoms with Crippen LogP contribution in [0.3, 0.4) is 0 Å². The highest BCUT2D eigenvalue weighted by molar-refractivity contribution is 6.23. The first kappa shape index (κ1) is 21.2. The fraction of sp³-hybridized carbons (Fsp3) is 0.462. The number of hydrogen-bond donors (Lipinski definition) is 0. The first-order valence-electron chi connectivity index (χ1n) is 11.8. The number of imide groups is 1. The number of anilines is 1. The summed E-state index contributed by atoms with van der Waals surface area (Å²) in [6.45, 7) is 5.85. The first-order chi connectivity index (χ1) is 15.7. The summed E-state index contributed by atoms with van der Waals surface area (Å²) in [5, 5.41) is 0. The average Bonchev–Trinajstić information content (AvgIpc) is 3.43. The van der Waals surface area contributed by atoms with Crippen LogP contribution < -0.4 is 4.90 Å². The van der Waals surface area contributed by atoms with Crippen molar-refractivity contribution in [1.29, 1.82) is 0 Å². The molecular formula is C26H31N3O3. The van der Waals surface area contributed by atoms with Gasteiger partial charge in [-0.3, -0.25) is 19.4 Å². The molecule has 0 saturated carbocycles. The fourth-order valence-electron chi connectivity index (χ4n) is 5.10. The summed E-state index contributed by atoms with van der Waals surface area (Å²) in [5.74, 6) is -0.344. The van der Waals surface area contributed by atoms with Gasteiger partial charge in [-0.15, -0.1) is 0 Å². The SMILES string of the molecule is O=C1c2cccc(N3CCN(CCCc4ccccc4)CC3)c2C(=O)N1C[C@@H]1CCCO1. The second-order valence-electron chi connectivity index (χ2n) is 8.97. The number of rotatable bonds is 7. The maximum absolute atomic E-state index is 13.2. The second-order valence-corrected chi connectivity index (χ2v) is 8.97. The van der Waals surface area contributed by atoms with Gasteiger partial charge in [0.1, 0.15) is 0 Å². The zero-order chi connectivity index (χ0) is 21.9. The Kier molecular flexibility index (Phi) is 6.23. The molecule has 168 valence electrons. The molecule has 3 aliphatic rings. The maximum atomic E-state index is 13.2. The normalized spacial score (nSPS) is 21.4. The van der Waals surface area contributed by atoms with Crippen LogP contribution in [0, 0.1) is 0 Å². The van der Waals surface area contributed by atoms with Gasteiger partial charge in [0, 0.05) is 32.8 Å². The molecule has 0 spiro atoms. The number of ether oxygens (including phenoxy) is 1. The zero-order valence-electron chi connectivity index (χ0n) is 18.5. The molecule has 0 aromatic heterocycles. The summed E-state index contributed by atoms with van der Waals surface area (Å²) < 4.78 is 5.67. The molecule has 2 aromatic carbocycles. The number of aryl methyl sites for hydroxylation is 1. The summed E-state index contributed by atoms with van der Waals surface area (Å²) in [4.78, 5) is 32.3. The van der Waals surface area contributed by atoms with Crippen molar-refractivity contribution in [2.75, 3.05) is 50.8 Å². The highest BCUT2D eigenvalue weighted by Crippen LogP contribution is 2.33. The predicted molar refractivity (Wildman–Crippen MR) is 124 cm³/mol. The molecule has 0 unspecified atom stereocenters. The number of piperazine rings is 1. The van der Waals surface area contributed by atoms with Crippen LogP contribution >= 0.6 is 0 Å². The van der Waals surface area contributed by atoms with Crippen molar-refractivity contribution < 1.29 is 14.3 Å². The van der Waals surface area contributed by atoms with E-state index in [1.165, 1.54) is 10.5 Å². The smallest absolute Gasteiger partial charge is 0.263 e. The van der Waals surface area contributed by atoms with Crippen LogP contribution in [0.2, 0.25) is 0 Å². The molecule has 2 aromatic rings. The molecular weight excluding hydrogens is 402 g/mol. The van der Waals surface area contributed by atoms with Gasteiger partial charge in [-0.1, -0.05) is 36.4 Å². The summed E-state index contributed by atoms with van der Waals surface area (Å²) >= 11 is 0. The van der Waals surface area contributed by atoms with E-state index in [9.17, 15) is 9.59 Å². The molecule has 0 N–H and O–H groups in total. The highest BCUT2D eigenvalue weighted by atomic mass is 16.5. The van der Waals surface area contributed by atoms with E-state index < -0.39 is 0 Å². The lowest BCUT2D eigenvalue weighted by Crippen LogP contribution is -2.47. The number of carbonyl (C=O) groups excluding carboxylic acids is 2. The van der Waals surface area contributed by atoms with E-state index >= 15 is 0 Å². The van der Waals surface area contributed by atoms with Gasteiger partial charge in [0.05, 0.1) is 29.5 Å². The third-order valence-corrected chi connectivity index (χ3v) is 6.88. The lowest BCUT2D eigenvalue weighted by atomic mass is 10.1. The monoisotopic (exact) mass is 433 g/mol. The Morgan fingerprint density at radius 1 is 0.906 bits per heavy atom. The van der Waals surface area contributed by atoms with E-state index in [0.29, 0.717) is 24.3 Å². The molecule has 0 bridgehead atoms. The quantitative estimate of drug-likeness (QED) is 0.628. The Hall–Kier alpha value is -2.70. The van der Waals surface area contributed by atoms with Crippen molar-refractivity contribution in [3.05, 3.63) is 65.2 Å². The minimum Gasteiger partial charge on any atom is -0.376 e. The number of carbonyl (C=O) groups is 2. The average molecular weight is 434 g/mol. The minimum atomic E-state index is -0.179. The zero-order valence-corrected chi connectivity index (χ0v) is 18.5. The molecule has 1 atom stereocenters. The second kappa shape index (κ2) is 9.43. The van der Waals surface area contributed by atoms with Crippen molar-refractivity contribution in [2.24, 2.45) is 0 Å². The summed E-state index contributed by atoms with van der Waals surface area (Å²) in [5.41, 5.74) is 3.41. The van der Waals surface area contributed by atoms with Gasteiger partial charge >= 0.3 is 0 Å². The van der Waals surface area contributed by atoms with Crippen LogP contribution in [0.5, 0.6) is 0 Å². The molecule has 2 amide bonds. The number of fused-ring (bicyclic) bond motifs is 1. The summed E-state index contributed by atoms with van der Waals surface area (Å²) in [6, 6.07) is 16.3. The van der Waals surface area contributed by atoms with Crippen molar-refractivity contribution in [1.82, 2.24) is 9.80 Å². The lowest BCUT2D eigenvalue weighted by Gasteiger charge is -2.36. The number of amides is 2. The molecule has 0 aliphatic carbocycles. The maximum Gasteiger partial charge on any atom is 0.263 e. The standard InChI is InChI=1S/C26H31N3O3/c30-25-22-11-4-12-23(24(22)26(31)29(25)19-21-10-6-18-32-21)28-16-14-27(15-17-28)13-5-9-20-7-2-1-3-8-20/h1-4,7-8,11-12,21H,5-6,9-10,13-19H2/t21-/m0/s1. The van der Waals surface area contributed by atoms with E-state index in [-0.39, 0.29) is 17.9 Å². The van der Waals surface area contributed by atoms with Gasteiger partial charge in [0.15, 0.2) is 0 Å². The Morgan fingerprint density at radius 3 is 2.47 bits per heavy atom. The summed E-state index contributed by atoms with van der Waals surface area (Å²) in [7, 11) is 0. The van der Waals surface area contributed by atoms with Crippen LogP contribution in [0.15, 0.2) is 48.5 Å². The van der Waals surface area contributed by atoms with Crippen LogP contribution in [-0.2, 0) is 11.2 Å². The van der Waals surface area contributed by atoms with Crippen LogP contribution in [-0.4, -0.2) is 73.6 Å². The Labute approximate surface area is 189 Å². The van der Waals surface area contributed by atoms with Crippen LogP contribution in [0.1, 0.15) is 45.5 Å². The molecule has 3 aliphatic heterocycles. The Balaban J connectivity index is 1.20. The van der Waals surface area contributed by atoms with Gasteiger partial charge in [-0.2, -0.15) is 0 Å². The number of benzene rings is 2.